The van der Waals surface area contributed by atoms with Crippen LogP contribution in [0.3, 0.4) is 0 Å². The van der Waals surface area contributed by atoms with Crippen LogP contribution in [0.5, 0.6) is 46.0 Å². The fraction of sp³-hybridized carbons (Fsp3) is 0. The second kappa shape index (κ2) is 8.43. The Labute approximate surface area is 190 Å². The standard InChI is InChI=1S/C24H16O10/c25-16-6-12(7-17(26)21(16)29)23(31)33-14-5-11-3-1-2-4-15(11)20(10-14)34-24(32)13-8-18(27)22(30)19(28)9-13/h1-10,25-30H. The van der Waals surface area contributed by atoms with Gasteiger partial charge in [0.15, 0.2) is 34.5 Å². The summed E-state index contributed by atoms with van der Waals surface area (Å²) < 4.78 is 10.7. The molecule has 0 aliphatic heterocycles. The predicted molar refractivity (Wildman–Crippen MR) is 117 cm³/mol. The van der Waals surface area contributed by atoms with Crippen molar-refractivity contribution in [1.82, 2.24) is 0 Å². The average molecular weight is 464 g/mol. The quantitative estimate of drug-likeness (QED) is 0.149. The lowest BCUT2D eigenvalue weighted by molar-refractivity contribution is 0.0733. The number of hydrogen-bond donors (Lipinski definition) is 6. The molecular formula is C24H16O10. The van der Waals surface area contributed by atoms with E-state index in [4.69, 9.17) is 9.47 Å². The van der Waals surface area contributed by atoms with Crippen molar-refractivity contribution in [3.8, 4) is 46.0 Å². The fourth-order valence-electron chi connectivity index (χ4n) is 3.16. The summed E-state index contributed by atoms with van der Waals surface area (Å²) in [4.78, 5) is 25.1. The summed E-state index contributed by atoms with van der Waals surface area (Å²) >= 11 is 0. The second-order valence-corrected chi connectivity index (χ2v) is 7.15. The smallest absolute Gasteiger partial charge is 0.343 e. The molecule has 0 unspecified atom stereocenters. The highest BCUT2D eigenvalue weighted by Crippen LogP contribution is 2.38. The molecule has 172 valence electrons. The van der Waals surface area contributed by atoms with Gasteiger partial charge in [-0.1, -0.05) is 24.3 Å². The summed E-state index contributed by atoms with van der Waals surface area (Å²) in [5, 5.41) is 58.4. The van der Waals surface area contributed by atoms with E-state index in [0.29, 0.717) is 10.8 Å². The van der Waals surface area contributed by atoms with Crippen LogP contribution in [0, 0.1) is 0 Å². The molecule has 0 saturated carbocycles. The van der Waals surface area contributed by atoms with E-state index in [2.05, 4.69) is 0 Å². The van der Waals surface area contributed by atoms with Crippen LogP contribution in [0.2, 0.25) is 0 Å². The number of fused-ring (bicyclic) bond motifs is 1. The van der Waals surface area contributed by atoms with E-state index < -0.39 is 46.4 Å². The molecule has 0 bridgehead atoms. The molecule has 0 aliphatic carbocycles. The number of phenols is 6. The Morgan fingerprint density at radius 3 is 1.59 bits per heavy atom. The molecule has 0 saturated heterocycles. The average Bonchev–Trinajstić information content (AvgIpc) is 2.80. The molecule has 0 aliphatic rings. The first kappa shape index (κ1) is 22.1. The fourth-order valence-corrected chi connectivity index (χ4v) is 3.16. The Morgan fingerprint density at radius 1 is 0.588 bits per heavy atom. The molecule has 0 radical (unpaired) electrons. The van der Waals surface area contributed by atoms with Gasteiger partial charge in [0.05, 0.1) is 11.1 Å². The third-order valence-corrected chi connectivity index (χ3v) is 4.82. The topological polar surface area (TPSA) is 174 Å². The Morgan fingerprint density at radius 2 is 1.06 bits per heavy atom. The molecule has 0 aromatic heterocycles. The Balaban J connectivity index is 1.68. The van der Waals surface area contributed by atoms with Crippen LogP contribution in [0.1, 0.15) is 20.7 Å². The normalized spacial score (nSPS) is 10.7. The summed E-state index contributed by atoms with van der Waals surface area (Å²) in [5.41, 5.74) is -0.510. The number of phenolic OH excluding ortho intramolecular Hbond substituents is 6. The summed E-state index contributed by atoms with van der Waals surface area (Å²) in [6.07, 6.45) is 0. The SMILES string of the molecule is O=C(Oc1cc(OC(=O)c2cc(O)c(O)c(O)c2)c2ccccc2c1)c1cc(O)c(O)c(O)c1. The first-order valence-electron chi connectivity index (χ1n) is 9.61. The zero-order valence-corrected chi connectivity index (χ0v) is 17.1. The minimum atomic E-state index is -0.980. The summed E-state index contributed by atoms with van der Waals surface area (Å²) in [6.45, 7) is 0. The molecule has 6 N–H and O–H groups in total. The van der Waals surface area contributed by atoms with E-state index in [1.807, 2.05) is 0 Å². The van der Waals surface area contributed by atoms with Crippen LogP contribution in [0.25, 0.3) is 10.8 Å². The Bertz CT molecular complexity index is 1410. The van der Waals surface area contributed by atoms with Gasteiger partial charge in [0, 0.05) is 11.5 Å². The van der Waals surface area contributed by atoms with Crippen molar-refractivity contribution >= 4 is 22.7 Å². The van der Waals surface area contributed by atoms with Crippen molar-refractivity contribution in [3.63, 3.8) is 0 Å². The van der Waals surface area contributed by atoms with Crippen molar-refractivity contribution < 1.29 is 49.7 Å². The molecule has 4 rings (SSSR count). The first-order chi connectivity index (χ1) is 16.1. The van der Waals surface area contributed by atoms with Crippen LogP contribution in [-0.2, 0) is 0 Å². The number of rotatable bonds is 4. The molecule has 0 fully saturated rings. The highest BCUT2D eigenvalue weighted by molar-refractivity contribution is 5.98. The van der Waals surface area contributed by atoms with E-state index >= 15 is 0 Å². The van der Waals surface area contributed by atoms with Gasteiger partial charge in [0.25, 0.3) is 0 Å². The molecule has 0 spiro atoms. The number of carbonyl (C=O) groups excluding carboxylic acids is 2. The number of hydrogen-bond acceptors (Lipinski definition) is 10. The van der Waals surface area contributed by atoms with Crippen LogP contribution in [-0.4, -0.2) is 42.6 Å². The van der Waals surface area contributed by atoms with Gasteiger partial charge in [-0.3, -0.25) is 0 Å². The Kier molecular flexibility index (Phi) is 5.48. The maximum atomic E-state index is 12.6. The number of ether oxygens (including phenoxy) is 2. The second-order valence-electron chi connectivity index (χ2n) is 7.15. The van der Waals surface area contributed by atoms with Gasteiger partial charge < -0.3 is 40.1 Å². The zero-order valence-electron chi connectivity index (χ0n) is 17.1. The largest absolute Gasteiger partial charge is 0.504 e. The third kappa shape index (κ3) is 4.15. The van der Waals surface area contributed by atoms with Crippen molar-refractivity contribution in [2.24, 2.45) is 0 Å². The molecule has 0 amide bonds. The highest BCUT2D eigenvalue weighted by atomic mass is 16.5. The summed E-state index contributed by atoms with van der Waals surface area (Å²) in [6, 6.07) is 13.1. The lowest BCUT2D eigenvalue weighted by atomic mass is 10.1. The minimum Gasteiger partial charge on any atom is -0.504 e. The van der Waals surface area contributed by atoms with Crippen molar-refractivity contribution in [2.45, 2.75) is 0 Å². The van der Waals surface area contributed by atoms with E-state index in [-0.39, 0.29) is 22.6 Å². The summed E-state index contributed by atoms with van der Waals surface area (Å²) in [5.74, 6) is -6.49. The molecule has 4 aromatic carbocycles. The van der Waals surface area contributed by atoms with Gasteiger partial charge >= 0.3 is 11.9 Å². The highest BCUT2D eigenvalue weighted by Gasteiger charge is 2.19. The van der Waals surface area contributed by atoms with Crippen molar-refractivity contribution in [2.75, 3.05) is 0 Å². The molecule has 4 aromatic rings. The van der Waals surface area contributed by atoms with E-state index in [9.17, 15) is 40.2 Å². The van der Waals surface area contributed by atoms with Crippen LogP contribution in [0.4, 0.5) is 0 Å². The maximum Gasteiger partial charge on any atom is 0.343 e. The lowest BCUT2D eigenvalue weighted by Crippen LogP contribution is -2.10. The molecular weight excluding hydrogens is 448 g/mol. The van der Waals surface area contributed by atoms with Crippen LogP contribution in [0.15, 0.2) is 60.7 Å². The summed E-state index contributed by atoms with van der Waals surface area (Å²) in [7, 11) is 0. The van der Waals surface area contributed by atoms with E-state index in [1.54, 1.807) is 24.3 Å². The van der Waals surface area contributed by atoms with Crippen LogP contribution >= 0.6 is 0 Å². The van der Waals surface area contributed by atoms with Gasteiger partial charge in [-0.25, -0.2) is 9.59 Å². The van der Waals surface area contributed by atoms with E-state index in [0.717, 1.165) is 24.3 Å². The van der Waals surface area contributed by atoms with Gasteiger partial charge in [-0.2, -0.15) is 0 Å². The predicted octanol–water partition coefficient (Wildman–Crippen LogP) is 3.51. The molecule has 10 heteroatoms. The van der Waals surface area contributed by atoms with Crippen LogP contribution < -0.4 is 9.47 Å². The molecule has 0 atom stereocenters. The monoisotopic (exact) mass is 464 g/mol. The lowest BCUT2D eigenvalue weighted by Gasteiger charge is -2.12. The minimum absolute atomic E-state index is 0.0191. The molecule has 10 nitrogen and oxygen atoms in total. The first-order valence-corrected chi connectivity index (χ1v) is 9.61. The number of aromatic hydroxyl groups is 6. The Hall–Kier alpha value is -5.12. The number of benzene rings is 4. The van der Waals surface area contributed by atoms with E-state index in [1.165, 1.54) is 12.1 Å². The number of esters is 2. The molecule has 0 heterocycles. The maximum absolute atomic E-state index is 12.6. The molecule has 34 heavy (non-hydrogen) atoms. The number of carbonyl (C=O) groups is 2. The van der Waals surface area contributed by atoms with Gasteiger partial charge in [0.2, 0.25) is 0 Å². The van der Waals surface area contributed by atoms with Crippen molar-refractivity contribution in [1.29, 1.82) is 0 Å². The van der Waals surface area contributed by atoms with Gasteiger partial charge in [0.1, 0.15) is 11.5 Å². The third-order valence-electron chi connectivity index (χ3n) is 4.82. The van der Waals surface area contributed by atoms with Gasteiger partial charge in [-0.05, 0) is 35.7 Å². The van der Waals surface area contributed by atoms with Crippen molar-refractivity contribution in [3.05, 3.63) is 71.8 Å². The zero-order chi connectivity index (χ0) is 24.6. The van der Waals surface area contributed by atoms with Gasteiger partial charge in [-0.15, -0.1) is 0 Å².